The van der Waals surface area contributed by atoms with E-state index in [0.717, 1.165) is 22.6 Å². The molecule has 1 amide bonds. The second-order valence-corrected chi connectivity index (χ2v) is 7.56. The molecule has 2 heterocycles. The number of thioether (sulfide) groups is 1. The van der Waals surface area contributed by atoms with E-state index >= 15 is 0 Å². The van der Waals surface area contributed by atoms with Gasteiger partial charge in [0.2, 0.25) is 0 Å². The van der Waals surface area contributed by atoms with Gasteiger partial charge in [-0.15, -0.1) is 0 Å². The van der Waals surface area contributed by atoms with E-state index in [9.17, 15) is 9.90 Å². The molecule has 0 aliphatic carbocycles. The lowest BCUT2D eigenvalue weighted by Crippen LogP contribution is -2.48. The predicted molar refractivity (Wildman–Crippen MR) is 93.6 cm³/mol. The van der Waals surface area contributed by atoms with Gasteiger partial charge in [-0.05, 0) is 45.1 Å². The molecule has 0 saturated carbocycles. The summed E-state index contributed by atoms with van der Waals surface area (Å²) >= 11 is 1.61. The molecule has 0 bridgehead atoms. The molecule has 1 aromatic heterocycles. The molecule has 2 aromatic rings. The Balaban J connectivity index is 1.90. The zero-order chi connectivity index (χ0) is 16.6. The Morgan fingerprint density at radius 2 is 2.13 bits per heavy atom. The van der Waals surface area contributed by atoms with Gasteiger partial charge in [0.1, 0.15) is 5.82 Å². The fourth-order valence-corrected chi connectivity index (χ4v) is 4.28. The number of para-hydroxylation sites is 2. The van der Waals surface area contributed by atoms with Gasteiger partial charge in [-0.25, -0.2) is 4.98 Å². The first kappa shape index (κ1) is 16.3. The summed E-state index contributed by atoms with van der Waals surface area (Å²) in [5, 5.41) is 13.4. The highest BCUT2D eigenvalue weighted by atomic mass is 32.2. The number of fused-ring (bicyclic) bond motifs is 1. The number of nitrogens with zero attached hydrogens (tertiary/aromatic N) is 2. The first-order chi connectivity index (χ1) is 10.9. The number of hydrogen-bond donors (Lipinski definition) is 2. The van der Waals surface area contributed by atoms with Gasteiger partial charge in [0.05, 0.1) is 17.1 Å². The van der Waals surface area contributed by atoms with Gasteiger partial charge < -0.3 is 15.0 Å². The van der Waals surface area contributed by atoms with E-state index in [1.54, 1.807) is 11.8 Å². The standard InChI is InChI=1S/C17H23N3O2S/c1-11(2)20-14-7-5-4-6-13(14)19-15(20)12(3)18-16(21)17(22)8-9-23-10-17/h4-7,11-12,22H,8-10H2,1-3H3,(H,18,21). The summed E-state index contributed by atoms with van der Waals surface area (Å²) < 4.78 is 2.15. The maximum absolute atomic E-state index is 12.4. The van der Waals surface area contributed by atoms with Crippen molar-refractivity contribution in [2.75, 3.05) is 11.5 Å². The average Bonchev–Trinajstić information content (AvgIpc) is 3.11. The topological polar surface area (TPSA) is 67.2 Å². The molecule has 6 heteroatoms. The summed E-state index contributed by atoms with van der Waals surface area (Å²) in [5.41, 5.74) is 0.745. The second kappa shape index (κ2) is 6.17. The number of carbonyl (C=O) groups is 1. The van der Waals surface area contributed by atoms with Gasteiger partial charge in [-0.3, -0.25) is 4.79 Å². The lowest BCUT2D eigenvalue weighted by molar-refractivity contribution is -0.138. The van der Waals surface area contributed by atoms with Crippen LogP contribution in [0, 0.1) is 0 Å². The Kier molecular flexibility index (Phi) is 4.38. The minimum atomic E-state index is -1.24. The molecule has 1 saturated heterocycles. The molecule has 2 atom stereocenters. The largest absolute Gasteiger partial charge is 0.379 e. The highest BCUT2D eigenvalue weighted by Gasteiger charge is 2.40. The number of imidazole rings is 1. The van der Waals surface area contributed by atoms with Crippen molar-refractivity contribution in [3.8, 4) is 0 Å². The molecule has 2 unspecified atom stereocenters. The monoisotopic (exact) mass is 333 g/mol. The minimum absolute atomic E-state index is 0.238. The zero-order valence-corrected chi connectivity index (χ0v) is 14.6. The molecule has 124 valence electrons. The minimum Gasteiger partial charge on any atom is -0.379 e. The van der Waals surface area contributed by atoms with Gasteiger partial charge in [-0.1, -0.05) is 12.1 Å². The van der Waals surface area contributed by atoms with Crippen LogP contribution in [0.4, 0.5) is 0 Å². The molecule has 0 radical (unpaired) electrons. The highest BCUT2D eigenvalue weighted by Crippen LogP contribution is 2.29. The lowest BCUT2D eigenvalue weighted by atomic mass is 10.0. The van der Waals surface area contributed by atoms with Crippen molar-refractivity contribution in [2.24, 2.45) is 0 Å². The first-order valence-corrected chi connectivity index (χ1v) is 9.16. The van der Waals surface area contributed by atoms with Crippen LogP contribution in [0.2, 0.25) is 0 Å². The van der Waals surface area contributed by atoms with Crippen molar-refractivity contribution in [3.05, 3.63) is 30.1 Å². The van der Waals surface area contributed by atoms with Crippen molar-refractivity contribution >= 4 is 28.7 Å². The summed E-state index contributed by atoms with van der Waals surface area (Å²) in [4.78, 5) is 17.1. The van der Waals surface area contributed by atoms with Crippen molar-refractivity contribution < 1.29 is 9.90 Å². The summed E-state index contributed by atoms with van der Waals surface area (Å²) in [6.07, 6.45) is 0.511. The molecule has 1 aromatic carbocycles. The number of hydrogen-bond acceptors (Lipinski definition) is 4. The third-order valence-electron chi connectivity index (χ3n) is 4.30. The van der Waals surface area contributed by atoms with Crippen LogP contribution < -0.4 is 5.32 Å². The van der Waals surface area contributed by atoms with Crippen LogP contribution in [0.1, 0.15) is 45.1 Å². The Bertz CT molecular complexity index is 720. The van der Waals surface area contributed by atoms with Crippen LogP contribution in [0.15, 0.2) is 24.3 Å². The van der Waals surface area contributed by atoms with Gasteiger partial charge in [-0.2, -0.15) is 11.8 Å². The molecule has 23 heavy (non-hydrogen) atoms. The van der Waals surface area contributed by atoms with Crippen molar-refractivity contribution in [3.63, 3.8) is 0 Å². The van der Waals surface area contributed by atoms with E-state index in [2.05, 4.69) is 23.7 Å². The molecular formula is C17H23N3O2S. The third kappa shape index (κ3) is 2.97. The maximum atomic E-state index is 12.4. The number of aliphatic hydroxyl groups is 1. The van der Waals surface area contributed by atoms with Gasteiger partial charge in [0.15, 0.2) is 5.60 Å². The lowest BCUT2D eigenvalue weighted by Gasteiger charge is -2.24. The number of amides is 1. The number of nitrogens with one attached hydrogen (secondary N) is 1. The molecule has 3 rings (SSSR count). The molecule has 2 N–H and O–H groups in total. The first-order valence-electron chi connectivity index (χ1n) is 8.00. The Hall–Kier alpha value is -1.53. The summed E-state index contributed by atoms with van der Waals surface area (Å²) in [6.45, 7) is 6.13. The SMILES string of the molecule is CC(NC(=O)C1(O)CCSC1)c1nc2ccccc2n1C(C)C. The molecule has 5 nitrogen and oxygen atoms in total. The Labute approximate surface area is 140 Å². The Morgan fingerprint density at radius 1 is 1.39 bits per heavy atom. The quantitative estimate of drug-likeness (QED) is 0.903. The van der Waals surface area contributed by atoms with Crippen LogP contribution in [-0.4, -0.2) is 37.7 Å². The summed E-state index contributed by atoms with van der Waals surface area (Å²) in [7, 11) is 0. The zero-order valence-electron chi connectivity index (χ0n) is 13.7. The van der Waals surface area contributed by atoms with Crippen molar-refractivity contribution in [2.45, 2.75) is 44.9 Å². The fourth-order valence-electron chi connectivity index (χ4n) is 3.04. The molecule has 1 aliphatic rings. The Morgan fingerprint density at radius 3 is 2.78 bits per heavy atom. The number of aromatic nitrogens is 2. The number of rotatable bonds is 4. The summed E-state index contributed by atoms with van der Waals surface area (Å²) in [5.74, 6) is 1.82. The molecule has 1 fully saturated rings. The van der Waals surface area contributed by atoms with Crippen molar-refractivity contribution in [1.29, 1.82) is 0 Å². The number of carbonyl (C=O) groups excluding carboxylic acids is 1. The van der Waals surface area contributed by atoms with Crippen LogP contribution in [0.25, 0.3) is 11.0 Å². The van der Waals surface area contributed by atoms with E-state index < -0.39 is 5.60 Å². The van der Waals surface area contributed by atoms with Gasteiger partial charge in [0, 0.05) is 11.8 Å². The fraction of sp³-hybridized carbons (Fsp3) is 0.529. The molecular weight excluding hydrogens is 310 g/mol. The van der Waals surface area contributed by atoms with Gasteiger partial charge >= 0.3 is 0 Å². The van der Waals surface area contributed by atoms with Crippen LogP contribution in [-0.2, 0) is 4.79 Å². The third-order valence-corrected chi connectivity index (χ3v) is 5.47. The molecule has 1 aliphatic heterocycles. The normalized spacial score (nSPS) is 22.7. The van der Waals surface area contributed by atoms with Gasteiger partial charge in [0.25, 0.3) is 5.91 Å². The van der Waals surface area contributed by atoms with E-state index in [1.165, 1.54) is 0 Å². The van der Waals surface area contributed by atoms with E-state index in [0.29, 0.717) is 12.2 Å². The van der Waals surface area contributed by atoms with Crippen LogP contribution in [0.5, 0.6) is 0 Å². The van der Waals surface area contributed by atoms with E-state index in [1.807, 2.05) is 31.2 Å². The molecule has 0 spiro atoms. The average molecular weight is 333 g/mol. The maximum Gasteiger partial charge on any atom is 0.253 e. The second-order valence-electron chi connectivity index (χ2n) is 6.45. The van der Waals surface area contributed by atoms with Crippen molar-refractivity contribution in [1.82, 2.24) is 14.9 Å². The predicted octanol–water partition coefficient (Wildman–Crippen LogP) is 2.66. The van der Waals surface area contributed by atoms with E-state index in [-0.39, 0.29) is 18.0 Å². The number of benzene rings is 1. The van der Waals surface area contributed by atoms with Crippen LogP contribution in [0.3, 0.4) is 0 Å². The van der Waals surface area contributed by atoms with Crippen LogP contribution >= 0.6 is 11.8 Å². The van der Waals surface area contributed by atoms with E-state index in [4.69, 9.17) is 4.98 Å². The highest BCUT2D eigenvalue weighted by molar-refractivity contribution is 7.99. The smallest absolute Gasteiger partial charge is 0.253 e. The summed E-state index contributed by atoms with van der Waals surface area (Å²) in [6, 6.07) is 7.96.